The topological polar surface area (TPSA) is 57.2 Å². The number of benzene rings is 1. The number of hydrogen-bond acceptors (Lipinski definition) is 3. The summed E-state index contributed by atoms with van der Waals surface area (Å²) in [5, 5.41) is 3.38. The van der Waals surface area contributed by atoms with E-state index in [0.717, 1.165) is 32.0 Å². The van der Waals surface area contributed by atoms with Gasteiger partial charge in [-0.3, -0.25) is 4.79 Å². The Kier molecular flexibility index (Phi) is 10.6. The van der Waals surface area contributed by atoms with Crippen LogP contribution in [0.25, 0.3) is 0 Å². The molecule has 1 aromatic rings. The molecule has 0 bridgehead atoms. The first-order chi connectivity index (χ1) is 12.1. The Morgan fingerprint density at radius 1 is 1.23 bits per heavy atom. The average Bonchev–Trinajstić information content (AvgIpc) is 2.63. The van der Waals surface area contributed by atoms with Crippen molar-refractivity contribution in [3.8, 4) is 0 Å². The fourth-order valence-corrected chi connectivity index (χ4v) is 2.70. The summed E-state index contributed by atoms with van der Waals surface area (Å²) >= 11 is 0. The highest BCUT2D eigenvalue weighted by Gasteiger charge is 2.16. The number of ether oxygens (including phenoxy) is 1. The Morgan fingerprint density at radius 2 is 1.96 bits per heavy atom. The smallest absolute Gasteiger partial charge is 0.243 e. The van der Waals surface area contributed by atoms with Gasteiger partial charge in [0.05, 0.1) is 6.10 Å². The van der Waals surface area contributed by atoms with Crippen molar-refractivity contribution >= 4 is 35.8 Å². The first-order valence-corrected chi connectivity index (χ1v) is 8.91. The van der Waals surface area contributed by atoms with Gasteiger partial charge in [-0.05, 0) is 24.8 Å². The van der Waals surface area contributed by atoms with Gasteiger partial charge < -0.3 is 19.9 Å². The molecule has 1 unspecified atom stereocenters. The number of halogens is 1. The van der Waals surface area contributed by atoms with Crippen molar-refractivity contribution < 1.29 is 9.53 Å². The van der Waals surface area contributed by atoms with Crippen molar-refractivity contribution in [2.24, 2.45) is 4.99 Å². The van der Waals surface area contributed by atoms with Gasteiger partial charge in [-0.1, -0.05) is 30.3 Å². The molecule has 1 N–H and O–H groups in total. The lowest BCUT2D eigenvalue weighted by molar-refractivity contribution is -0.127. The number of aliphatic imine (C=N–C) groups is 1. The zero-order valence-electron chi connectivity index (χ0n) is 16.0. The maximum atomic E-state index is 11.9. The van der Waals surface area contributed by atoms with Gasteiger partial charge in [-0.2, -0.15) is 0 Å². The van der Waals surface area contributed by atoms with E-state index in [4.69, 9.17) is 4.74 Å². The number of likely N-dealkylation sites (N-methyl/N-ethyl adjacent to an activating group) is 1. The number of carbonyl (C=O) groups excluding carboxylic acids is 1. The van der Waals surface area contributed by atoms with Crippen LogP contribution in [-0.2, 0) is 16.1 Å². The monoisotopic (exact) mass is 474 g/mol. The minimum Gasteiger partial charge on any atom is -0.376 e. The van der Waals surface area contributed by atoms with Crippen LogP contribution >= 0.6 is 24.0 Å². The molecule has 1 aromatic carbocycles. The second-order valence-electron chi connectivity index (χ2n) is 6.64. The Balaban J connectivity index is 0.00000338. The molecule has 1 aliphatic heterocycles. The Labute approximate surface area is 174 Å². The van der Waals surface area contributed by atoms with Crippen LogP contribution in [0.4, 0.5) is 0 Å². The molecule has 0 radical (unpaired) electrons. The quantitative estimate of drug-likeness (QED) is 0.391. The van der Waals surface area contributed by atoms with E-state index in [1.165, 1.54) is 12.0 Å². The van der Waals surface area contributed by atoms with Gasteiger partial charge in [0, 0.05) is 40.8 Å². The highest BCUT2D eigenvalue weighted by atomic mass is 127. The third-order valence-electron chi connectivity index (χ3n) is 4.25. The summed E-state index contributed by atoms with van der Waals surface area (Å²) in [6.45, 7) is 2.42. The van der Waals surface area contributed by atoms with Crippen LogP contribution in [0.2, 0.25) is 0 Å². The van der Waals surface area contributed by atoms with E-state index in [1.54, 1.807) is 19.0 Å². The molecule has 1 atom stereocenters. The molecule has 6 nitrogen and oxygen atoms in total. The number of carbonyl (C=O) groups is 1. The van der Waals surface area contributed by atoms with Crippen molar-refractivity contribution in [2.45, 2.75) is 31.9 Å². The summed E-state index contributed by atoms with van der Waals surface area (Å²) in [4.78, 5) is 20.0. The Bertz CT molecular complexity index is 560. The van der Waals surface area contributed by atoms with Crippen molar-refractivity contribution in [3.63, 3.8) is 0 Å². The summed E-state index contributed by atoms with van der Waals surface area (Å²) in [7, 11) is 5.48. The summed E-state index contributed by atoms with van der Waals surface area (Å²) in [6, 6.07) is 10.2. The van der Waals surface area contributed by atoms with Gasteiger partial charge in [0.15, 0.2) is 5.96 Å². The minimum atomic E-state index is -0.0127. The maximum Gasteiger partial charge on any atom is 0.243 e. The molecule has 7 heteroatoms. The van der Waals surface area contributed by atoms with E-state index >= 15 is 0 Å². The Hall–Kier alpha value is -1.35. The Morgan fingerprint density at radius 3 is 2.58 bits per heavy atom. The number of hydrogen-bond donors (Lipinski definition) is 1. The van der Waals surface area contributed by atoms with E-state index in [9.17, 15) is 4.79 Å². The predicted octanol–water partition coefficient (Wildman–Crippen LogP) is 2.34. The second kappa shape index (κ2) is 12.1. The molecule has 26 heavy (non-hydrogen) atoms. The first kappa shape index (κ1) is 22.7. The van der Waals surface area contributed by atoms with Crippen LogP contribution in [0.3, 0.4) is 0 Å². The van der Waals surface area contributed by atoms with Crippen molar-refractivity contribution in [2.75, 3.05) is 40.8 Å². The van der Waals surface area contributed by atoms with Crippen LogP contribution in [0.15, 0.2) is 35.3 Å². The van der Waals surface area contributed by atoms with Crippen LogP contribution in [0, 0.1) is 0 Å². The van der Waals surface area contributed by atoms with Gasteiger partial charge in [0.2, 0.25) is 5.91 Å². The largest absolute Gasteiger partial charge is 0.376 e. The number of guanidine groups is 1. The van der Waals surface area contributed by atoms with E-state index in [-0.39, 0.29) is 42.5 Å². The van der Waals surface area contributed by atoms with Gasteiger partial charge in [-0.15, -0.1) is 24.0 Å². The molecule has 1 amide bonds. The highest BCUT2D eigenvalue weighted by Crippen LogP contribution is 2.12. The van der Waals surface area contributed by atoms with Crippen LogP contribution in [0.5, 0.6) is 0 Å². The summed E-state index contributed by atoms with van der Waals surface area (Å²) in [6.07, 6.45) is 3.63. The lowest BCUT2D eigenvalue weighted by atomic mass is 10.1. The van der Waals surface area contributed by atoms with Crippen LogP contribution in [-0.4, -0.2) is 68.6 Å². The molecule has 0 saturated carbocycles. The second-order valence-corrected chi connectivity index (χ2v) is 6.64. The molecule has 1 saturated heterocycles. The van der Waals surface area contributed by atoms with Crippen LogP contribution in [0.1, 0.15) is 24.8 Å². The number of nitrogens with one attached hydrogen (secondary N) is 1. The molecular formula is C19H31IN4O2. The van der Waals surface area contributed by atoms with E-state index < -0.39 is 0 Å². The fourth-order valence-electron chi connectivity index (χ4n) is 2.70. The minimum absolute atomic E-state index is 0. The lowest BCUT2D eigenvalue weighted by Gasteiger charge is -2.27. The third-order valence-corrected chi connectivity index (χ3v) is 4.25. The zero-order chi connectivity index (χ0) is 18.1. The fraction of sp³-hybridized carbons (Fsp3) is 0.579. The van der Waals surface area contributed by atoms with Gasteiger partial charge >= 0.3 is 0 Å². The predicted molar refractivity (Wildman–Crippen MR) is 116 cm³/mol. The van der Waals surface area contributed by atoms with Crippen LogP contribution < -0.4 is 5.32 Å². The number of rotatable bonds is 6. The van der Waals surface area contributed by atoms with Crippen molar-refractivity contribution in [1.82, 2.24) is 15.1 Å². The summed E-state index contributed by atoms with van der Waals surface area (Å²) in [5.74, 6) is 0.717. The molecule has 1 heterocycles. The van der Waals surface area contributed by atoms with Gasteiger partial charge in [-0.25, -0.2) is 4.99 Å². The molecule has 146 valence electrons. The standard InChI is InChI=1S/C19H30N4O2.HI/c1-22(2)18(24)14-21-19(20-13-17-11-7-8-12-25-17)23(3)15-16-9-5-4-6-10-16;/h4-6,9-10,17H,7-8,11-15H2,1-3H3,(H,20,21);1H. The average molecular weight is 474 g/mol. The lowest BCUT2D eigenvalue weighted by Crippen LogP contribution is -2.43. The molecule has 1 aliphatic rings. The first-order valence-electron chi connectivity index (χ1n) is 8.91. The van der Waals surface area contributed by atoms with E-state index in [1.807, 2.05) is 30.1 Å². The third kappa shape index (κ3) is 7.90. The van der Waals surface area contributed by atoms with E-state index in [0.29, 0.717) is 6.54 Å². The highest BCUT2D eigenvalue weighted by molar-refractivity contribution is 14.0. The van der Waals surface area contributed by atoms with Gasteiger partial charge in [0.1, 0.15) is 6.54 Å². The van der Waals surface area contributed by atoms with Crippen molar-refractivity contribution in [3.05, 3.63) is 35.9 Å². The van der Waals surface area contributed by atoms with E-state index in [2.05, 4.69) is 22.4 Å². The number of amides is 1. The molecule has 0 aliphatic carbocycles. The molecule has 0 aromatic heterocycles. The van der Waals surface area contributed by atoms with Crippen molar-refractivity contribution in [1.29, 1.82) is 0 Å². The SMILES string of the molecule is CN(C)C(=O)CN=C(NCC1CCCCO1)N(C)Cc1ccccc1.I. The summed E-state index contributed by atoms with van der Waals surface area (Å²) < 4.78 is 5.78. The normalized spacial score (nSPS) is 17.2. The molecule has 1 fully saturated rings. The molecular weight excluding hydrogens is 443 g/mol. The van der Waals surface area contributed by atoms with Gasteiger partial charge in [0.25, 0.3) is 0 Å². The number of nitrogens with zero attached hydrogens (tertiary/aromatic N) is 3. The molecule has 2 rings (SSSR count). The molecule has 0 spiro atoms. The summed E-state index contributed by atoms with van der Waals surface area (Å²) in [5.41, 5.74) is 1.20. The zero-order valence-corrected chi connectivity index (χ0v) is 18.3. The maximum absolute atomic E-state index is 11.9.